The minimum Gasteiger partial charge on any atom is -0.379 e. The molecule has 0 radical (unpaired) electrons. The van der Waals surface area contributed by atoms with Crippen molar-refractivity contribution in [2.45, 2.75) is 19.4 Å². The van der Waals surface area contributed by atoms with E-state index in [4.69, 9.17) is 4.74 Å². The molecular weight excluding hydrogens is 180 g/mol. The van der Waals surface area contributed by atoms with Gasteiger partial charge in [-0.05, 0) is 27.6 Å². The van der Waals surface area contributed by atoms with Gasteiger partial charge in [0.1, 0.15) is 0 Å². The minimum atomic E-state index is 0.615. The Morgan fingerprint density at radius 2 is 1.64 bits per heavy atom. The average molecular weight is 208 g/mol. The van der Waals surface area contributed by atoms with Crippen molar-refractivity contribution < 1.29 is 4.74 Å². The number of ether oxygens (including phenoxy) is 1. The molecule has 0 aromatic carbocycles. The van der Waals surface area contributed by atoms with Crippen LogP contribution < -0.4 is 22.5 Å². The Balaban J connectivity index is -0.000000174. The van der Waals surface area contributed by atoms with Gasteiger partial charge >= 0.3 is 0 Å². The lowest BCUT2D eigenvalue weighted by Gasteiger charge is -2.21. The van der Waals surface area contributed by atoms with Crippen LogP contribution in [0.4, 0.5) is 0 Å². The van der Waals surface area contributed by atoms with Gasteiger partial charge in [0.25, 0.3) is 0 Å². The Morgan fingerprint density at radius 1 is 1.14 bits per heavy atom. The SMILES string of the molecule is CCC1COCCN1.CN.CN.CN. The lowest BCUT2D eigenvalue weighted by molar-refractivity contribution is 0.0758. The molecule has 0 aliphatic carbocycles. The molecule has 1 atom stereocenters. The fourth-order valence-corrected chi connectivity index (χ4v) is 0.882. The number of morpholine rings is 1. The van der Waals surface area contributed by atoms with Gasteiger partial charge in [0.05, 0.1) is 13.2 Å². The van der Waals surface area contributed by atoms with Crippen molar-refractivity contribution in [1.29, 1.82) is 0 Å². The summed E-state index contributed by atoms with van der Waals surface area (Å²) in [6.07, 6.45) is 1.18. The maximum atomic E-state index is 5.21. The maximum Gasteiger partial charge on any atom is 0.0620 e. The quantitative estimate of drug-likeness (QED) is 0.448. The Bertz CT molecular complexity index is 67.8. The molecule has 1 aliphatic heterocycles. The highest BCUT2D eigenvalue weighted by molar-refractivity contribution is 4.66. The fraction of sp³-hybridized carbons (Fsp3) is 1.00. The Hall–Kier alpha value is -0.200. The second kappa shape index (κ2) is 23.0. The molecule has 14 heavy (non-hydrogen) atoms. The number of nitrogens with one attached hydrogen (secondary N) is 1. The van der Waals surface area contributed by atoms with Crippen molar-refractivity contribution in [3.63, 3.8) is 0 Å². The third-order valence-electron chi connectivity index (χ3n) is 1.49. The first-order valence-electron chi connectivity index (χ1n) is 4.98. The van der Waals surface area contributed by atoms with Crippen molar-refractivity contribution in [3.8, 4) is 0 Å². The number of nitrogens with two attached hydrogens (primary N) is 3. The first-order chi connectivity index (χ1) is 6.93. The zero-order chi connectivity index (χ0) is 11.8. The Labute approximate surface area is 88.4 Å². The highest BCUT2D eigenvalue weighted by Gasteiger charge is 2.08. The van der Waals surface area contributed by atoms with E-state index in [0.29, 0.717) is 6.04 Å². The zero-order valence-corrected chi connectivity index (χ0v) is 10.0. The van der Waals surface area contributed by atoms with Crippen LogP contribution in [-0.4, -0.2) is 46.9 Å². The second-order valence-electron chi connectivity index (χ2n) is 2.13. The maximum absolute atomic E-state index is 5.21. The molecule has 5 nitrogen and oxygen atoms in total. The lowest BCUT2D eigenvalue weighted by Crippen LogP contribution is -2.40. The third-order valence-corrected chi connectivity index (χ3v) is 1.49. The van der Waals surface area contributed by atoms with Crippen molar-refractivity contribution >= 4 is 0 Å². The van der Waals surface area contributed by atoms with Gasteiger partial charge in [-0.15, -0.1) is 0 Å². The molecule has 0 aromatic rings. The average Bonchev–Trinajstić information content (AvgIpc) is 2.37. The van der Waals surface area contributed by atoms with Crippen molar-refractivity contribution in [3.05, 3.63) is 0 Å². The summed E-state index contributed by atoms with van der Waals surface area (Å²) in [4.78, 5) is 0. The summed E-state index contributed by atoms with van der Waals surface area (Å²) in [5.74, 6) is 0. The molecule has 1 rings (SSSR count). The molecule has 7 N–H and O–H groups in total. The fourth-order valence-electron chi connectivity index (χ4n) is 0.882. The van der Waals surface area contributed by atoms with Crippen LogP contribution in [0.2, 0.25) is 0 Å². The molecule has 0 amide bonds. The van der Waals surface area contributed by atoms with Crippen LogP contribution in [0, 0.1) is 0 Å². The lowest BCUT2D eigenvalue weighted by atomic mass is 10.2. The molecule has 1 unspecified atom stereocenters. The molecule has 0 saturated carbocycles. The summed E-state index contributed by atoms with van der Waals surface area (Å²) in [7, 11) is 4.50. The largest absolute Gasteiger partial charge is 0.379 e. The molecule has 1 saturated heterocycles. The van der Waals surface area contributed by atoms with Crippen LogP contribution in [0.15, 0.2) is 0 Å². The van der Waals surface area contributed by atoms with Gasteiger partial charge in [0, 0.05) is 12.6 Å². The monoisotopic (exact) mass is 208 g/mol. The van der Waals surface area contributed by atoms with Crippen LogP contribution in [-0.2, 0) is 4.74 Å². The van der Waals surface area contributed by atoms with E-state index in [2.05, 4.69) is 29.4 Å². The van der Waals surface area contributed by atoms with Gasteiger partial charge in [-0.3, -0.25) is 0 Å². The van der Waals surface area contributed by atoms with Gasteiger partial charge in [-0.2, -0.15) is 0 Å². The standard InChI is InChI=1S/C6H13NO.3CH5N/c1-2-6-5-8-4-3-7-6;3*1-2/h6-7H,2-5H2,1H3;3*2H2,1H3. The Kier molecular flexibility index (Phi) is 31.9. The highest BCUT2D eigenvalue weighted by Crippen LogP contribution is 1.95. The van der Waals surface area contributed by atoms with Crippen molar-refractivity contribution in [2.24, 2.45) is 17.2 Å². The topological polar surface area (TPSA) is 99.3 Å². The van der Waals surface area contributed by atoms with E-state index >= 15 is 0 Å². The number of rotatable bonds is 1. The van der Waals surface area contributed by atoms with Crippen LogP contribution in [0.25, 0.3) is 0 Å². The van der Waals surface area contributed by atoms with Gasteiger partial charge in [-0.1, -0.05) is 6.92 Å². The van der Waals surface area contributed by atoms with E-state index in [0.717, 1.165) is 19.8 Å². The van der Waals surface area contributed by atoms with Crippen LogP contribution in [0.5, 0.6) is 0 Å². The third kappa shape index (κ3) is 14.3. The molecule has 5 heteroatoms. The minimum absolute atomic E-state index is 0.615. The first-order valence-corrected chi connectivity index (χ1v) is 4.98. The Morgan fingerprint density at radius 3 is 1.86 bits per heavy atom. The summed E-state index contributed by atoms with van der Waals surface area (Å²) >= 11 is 0. The van der Waals surface area contributed by atoms with Crippen molar-refractivity contribution in [2.75, 3.05) is 40.9 Å². The molecule has 1 fully saturated rings. The number of hydrogen-bond acceptors (Lipinski definition) is 5. The van der Waals surface area contributed by atoms with Gasteiger partial charge in [0.2, 0.25) is 0 Å². The highest BCUT2D eigenvalue weighted by atomic mass is 16.5. The molecule has 1 heterocycles. The van der Waals surface area contributed by atoms with Gasteiger partial charge in [0.15, 0.2) is 0 Å². The van der Waals surface area contributed by atoms with Gasteiger partial charge in [-0.25, -0.2) is 0 Å². The van der Waals surface area contributed by atoms with E-state index in [9.17, 15) is 0 Å². The van der Waals surface area contributed by atoms with E-state index in [1.807, 2.05) is 0 Å². The van der Waals surface area contributed by atoms with E-state index < -0.39 is 0 Å². The molecular formula is C9H28N4O. The second-order valence-corrected chi connectivity index (χ2v) is 2.13. The molecule has 0 bridgehead atoms. The van der Waals surface area contributed by atoms with Crippen LogP contribution >= 0.6 is 0 Å². The smallest absolute Gasteiger partial charge is 0.0620 e. The summed E-state index contributed by atoms with van der Waals surface area (Å²) in [6, 6.07) is 0.615. The summed E-state index contributed by atoms with van der Waals surface area (Å²) in [5.41, 5.74) is 13.5. The predicted molar refractivity (Wildman–Crippen MR) is 63.2 cm³/mol. The zero-order valence-electron chi connectivity index (χ0n) is 10.0. The van der Waals surface area contributed by atoms with Gasteiger partial charge < -0.3 is 27.3 Å². The van der Waals surface area contributed by atoms with Crippen molar-refractivity contribution in [1.82, 2.24) is 5.32 Å². The van der Waals surface area contributed by atoms with E-state index in [1.165, 1.54) is 27.6 Å². The molecule has 1 aliphatic rings. The summed E-state index contributed by atoms with van der Waals surface area (Å²) in [5, 5.41) is 3.34. The van der Waals surface area contributed by atoms with E-state index in [-0.39, 0.29) is 0 Å². The molecule has 0 aromatic heterocycles. The first kappa shape index (κ1) is 19.4. The number of hydrogen-bond donors (Lipinski definition) is 4. The van der Waals surface area contributed by atoms with Crippen LogP contribution in [0.3, 0.4) is 0 Å². The molecule has 0 spiro atoms. The summed E-state index contributed by atoms with van der Waals surface area (Å²) < 4.78 is 5.21. The van der Waals surface area contributed by atoms with Crippen LogP contribution in [0.1, 0.15) is 13.3 Å². The normalized spacial score (nSPS) is 18.6. The molecule has 90 valence electrons. The predicted octanol–water partition coefficient (Wildman–Crippen LogP) is -0.890. The van der Waals surface area contributed by atoms with E-state index in [1.54, 1.807) is 0 Å². The summed E-state index contributed by atoms with van der Waals surface area (Å²) in [6.45, 7) is 4.98.